The monoisotopic (exact) mass is 1670 g/mol. The second-order valence-electron chi connectivity index (χ2n) is 29.5. The molecule has 0 aliphatic heterocycles. The maximum absolute atomic E-state index is 6.10. The number of anilines is 5. The van der Waals surface area contributed by atoms with E-state index in [0.29, 0.717) is 121 Å². The molecule has 0 atom stereocenters. The maximum Gasteiger partial charge on any atom is 0.187 e. The van der Waals surface area contributed by atoms with E-state index < -0.39 is 0 Å². The molecule has 0 unspecified atom stereocenters. The Morgan fingerprint density at radius 3 is 1.18 bits per heavy atom. The predicted octanol–water partition coefficient (Wildman–Crippen LogP) is 20.8. The first-order valence-electron chi connectivity index (χ1n) is 39.3. The van der Waals surface area contributed by atoms with Crippen LogP contribution < -0.4 is 52.4 Å². The number of thioether (sulfide) groups is 1. The number of hydrogen-bond donors (Lipinski definition) is 5. The van der Waals surface area contributed by atoms with Gasteiger partial charge in [0, 0.05) is 119 Å². The lowest BCUT2D eigenvalue weighted by Crippen LogP contribution is -2.03. The SMILES string of the molecule is Cc1ncc(Oc2cc(-c3ccco3)ncc2C(C)C)c(N)n1.Cc1ncc(Oc2cc(-c3cscn3)ncc2C(C)C)c(N)n1.Cc1ncc(Oc2cc(-n3ccc4ccccc43)ncc2C(C)C)c(N)n1.Cc1ncc(Oc2cc(-n3cccc3)ncc2C(C)C)c(N)n1.Cc1ncc(Oc2cc(SCc3ccccc3)ncc2C(C)C)c(N)n1. The molecule has 0 saturated heterocycles. The highest BCUT2D eigenvalue weighted by atomic mass is 32.2. The van der Waals surface area contributed by atoms with Crippen molar-refractivity contribution < 1.29 is 28.1 Å². The first kappa shape index (κ1) is 87.0. The van der Waals surface area contributed by atoms with E-state index in [-0.39, 0.29) is 29.6 Å². The van der Waals surface area contributed by atoms with E-state index in [2.05, 4.69) is 179 Å². The first-order valence-corrected chi connectivity index (χ1v) is 41.2. The van der Waals surface area contributed by atoms with Crippen molar-refractivity contribution in [2.24, 2.45) is 0 Å². The minimum absolute atomic E-state index is 0.246. The molecule has 0 fully saturated rings. The highest BCUT2D eigenvalue weighted by molar-refractivity contribution is 7.98. The molecule has 2 aromatic carbocycles. The summed E-state index contributed by atoms with van der Waals surface area (Å²) in [5, 5.41) is 4.01. The Balaban J connectivity index is 0.000000140. The molecule has 16 rings (SSSR count). The Morgan fingerprint density at radius 1 is 0.361 bits per heavy atom. The van der Waals surface area contributed by atoms with Gasteiger partial charge in [-0.25, -0.2) is 69.8 Å². The molecule has 16 aromatic rings. The Kier molecular flexibility index (Phi) is 28.8. The fraction of sp³-hybridized carbons (Fsp3) is 0.231. The Morgan fingerprint density at radius 2 is 0.754 bits per heavy atom. The van der Waals surface area contributed by atoms with E-state index in [1.165, 1.54) is 16.9 Å². The number of fused-ring (bicyclic) bond motifs is 1. The predicted molar refractivity (Wildman–Crippen MR) is 479 cm³/mol. The van der Waals surface area contributed by atoms with Crippen LogP contribution in [0, 0.1) is 34.6 Å². The smallest absolute Gasteiger partial charge is 0.187 e. The topological polar surface area (TPSA) is 405 Å². The molecule has 31 heteroatoms. The average Bonchev–Trinajstić information content (AvgIpc) is 1.55. The summed E-state index contributed by atoms with van der Waals surface area (Å²) in [6, 6.07) is 37.7. The van der Waals surface area contributed by atoms with Gasteiger partial charge in [-0.15, -0.1) is 23.1 Å². The van der Waals surface area contributed by atoms with Crippen LogP contribution in [0.4, 0.5) is 29.1 Å². The van der Waals surface area contributed by atoms with Crippen LogP contribution >= 0.6 is 23.1 Å². The molecule has 0 radical (unpaired) electrons. The summed E-state index contributed by atoms with van der Waals surface area (Å²) in [6.45, 7) is 29.9. The van der Waals surface area contributed by atoms with Crippen molar-refractivity contribution in [2.75, 3.05) is 28.7 Å². The first-order chi connectivity index (χ1) is 58.7. The zero-order valence-electron chi connectivity index (χ0n) is 70.5. The van der Waals surface area contributed by atoms with Crippen LogP contribution in [0.5, 0.6) is 57.5 Å². The molecule has 0 bridgehead atoms. The van der Waals surface area contributed by atoms with Gasteiger partial charge >= 0.3 is 0 Å². The number of thiazole rings is 1. The number of pyridine rings is 5. The van der Waals surface area contributed by atoms with E-state index in [9.17, 15) is 0 Å². The van der Waals surface area contributed by atoms with E-state index in [1.807, 2.05) is 143 Å². The molecule has 10 N–H and O–H groups in total. The number of nitrogens with zero attached hydrogens (tertiary/aromatic N) is 18. The van der Waals surface area contributed by atoms with Crippen molar-refractivity contribution in [1.29, 1.82) is 0 Å². The van der Waals surface area contributed by atoms with Crippen molar-refractivity contribution in [3.63, 3.8) is 0 Å². The number of rotatable bonds is 22. The molecule has 29 nitrogen and oxygen atoms in total. The number of aromatic nitrogens is 18. The lowest BCUT2D eigenvalue weighted by molar-refractivity contribution is 0.467. The number of para-hydroxylation sites is 1. The molecule has 122 heavy (non-hydrogen) atoms. The van der Waals surface area contributed by atoms with Crippen LogP contribution in [0.1, 0.15) is 161 Å². The molecule has 0 amide bonds. The standard InChI is InChI=1S/C21H21N5O.C20H22N4OS.C17H19N5O.C17H18N4O2.C16H17N5OS/c1-13(2)16-11-24-20(26-9-8-15-6-4-5-7-17(15)26)10-18(16)27-19-12-23-14(3)25-21(19)22;1-13(2)16-10-23-19(26-12-15-7-5-4-6-8-15)9-17(16)25-18-11-22-14(3)24-20(18)21;1-11(2)13-9-20-16(22-6-4-5-7-22)8-14(13)23-15-10-19-12(3)21-17(15)18;1-10(2)12-8-20-13(14-5-4-6-22-14)7-15(12)23-16-9-19-11(3)21-17(16)18;1-9(2)11-5-19-12(13-7-23-8-20-13)4-14(11)22-15-6-18-10(3)21-16(15)17/h4-13H,1-3H3,(H2,22,23,25);4-11,13H,12H2,1-3H3,(H2,21,22,24);4-11H,1-3H3,(H2,18,19,21);4-10H,1-3H3,(H2,18,19,21);4-9H,1-3H3,(H2,17,18,21). The summed E-state index contributed by atoms with van der Waals surface area (Å²) in [5.74, 6) is 14.8. The number of furan rings is 1. The zero-order valence-corrected chi connectivity index (χ0v) is 72.1. The molecule has 0 aliphatic carbocycles. The van der Waals surface area contributed by atoms with Gasteiger partial charge in [0.1, 0.15) is 75.2 Å². The van der Waals surface area contributed by atoms with Crippen molar-refractivity contribution in [1.82, 2.24) is 88.9 Å². The third kappa shape index (κ3) is 22.7. The quantitative estimate of drug-likeness (QED) is 0.0393. The second-order valence-corrected chi connectivity index (χ2v) is 31.2. The van der Waals surface area contributed by atoms with Crippen LogP contribution in [0.2, 0.25) is 0 Å². The number of nitrogens with two attached hydrogens (primary N) is 5. The van der Waals surface area contributed by atoms with Gasteiger partial charge in [0.15, 0.2) is 63.6 Å². The minimum atomic E-state index is 0.246. The summed E-state index contributed by atoms with van der Waals surface area (Å²) in [7, 11) is 0. The number of hydrogen-bond acceptors (Lipinski definition) is 29. The second kappa shape index (κ2) is 40.4. The molecular formula is C91H97N23O6S2. The lowest BCUT2D eigenvalue weighted by atomic mass is 10.0. The van der Waals surface area contributed by atoms with Gasteiger partial charge in [-0.1, -0.05) is 118 Å². The van der Waals surface area contributed by atoms with E-state index in [4.69, 9.17) is 56.8 Å². The fourth-order valence-corrected chi connectivity index (χ4v) is 13.4. The Bertz CT molecular complexity index is 5840. The van der Waals surface area contributed by atoms with E-state index >= 15 is 0 Å². The van der Waals surface area contributed by atoms with E-state index in [1.54, 1.807) is 95.3 Å². The van der Waals surface area contributed by atoms with Gasteiger partial charge in [0.05, 0.1) is 64.7 Å². The summed E-state index contributed by atoms with van der Waals surface area (Å²) in [4.78, 5) is 68.5. The Labute approximate surface area is 716 Å². The molecule has 0 saturated carbocycles. The van der Waals surface area contributed by atoms with Gasteiger partial charge in [0.25, 0.3) is 0 Å². The molecule has 14 heterocycles. The normalized spacial score (nSPS) is 11.0. The van der Waals surface area contributed by atoms with Gasteiger partial charge in [-0.2, -0.15) is 0 Å². The molecule has 14 aromatic heterocycles. The van der Waals surface area contributed by atoms with Gasteiger partial charge in [0.2, 0.25) is 0 Å². The third-order valence-electron chi connectivity index (χ3n) is 18.6. The minimum Gasteiger partial charge on any atom is -0.463 e. The fourth-order valence-electron chi connectivity index (χ4n) is 12.1. The number of ether oxygens (including phenoxy) is 5. The molecule has 0 aliphatic rings. The number of benzene rings is 2. The van der Waals surface area contributed by atoms with Gasteiger partial charge in [-0.05, 0) is 112 Å². The summed E-state index contributed by atoms with van der Waals surface area (Å²) < 4.78 is 39.4. The summed E-state index contributed by atoms with van der Waals surface area (Å²) in [5.41, 5.74) is 41.1. The summed E-state index contributed by atoms with van der Waals surface area (Å²) in [6.07, 6.45) is 24.6. The molecule has 0 spiro atoms. The Hall–Kier alpha value is -14.3. The van der Waals surface area contributed by atoms with E-state index in [0.717, 1.165) is 78.3 Å². The summed E-state index contributed by atoms with van der Waals surface area (Å²) >= 11 is 3.20. The van der Waals surface area contributed by atoms with Crippen LogP contribution in [-0.2, 0) is 5.75 Å². The molecule has 624 valence electrons. The third-order valence-corrected chi connectivity index (χ3v) is 20.1. The van der Waals surface area contributed by atoms with Crippen LogP contribution in [0.3, 0.4) is 0 Å². The average molecular weight is 1670 g/mol. The zero-order chi connectivity index (χ0) is 86.7. The van der Waals surface area contributed by atoms with Crippen molar-refractivity contribution >= 4 is 63.1 Å². The number of aryl methyl sites for hydroxylation is 5. The highest BCUT2D eigenvalue weighted by Crippen LogP contribution is 2.41. The van der Waals surface area contributed by atoms with Crippen molar-refractivity contribution in [3.8, 4) is 92.0 Å². The van der Waals surface area contributed by atoms with Crippen LogP contribution in [0.25, 0.3) is 45.4 Å². The molecular weight excluding hydrogens is 1580 g/mol. The van der Waals surface area contributed by atoms with Crippen molar-refractivity contribution in [3.05, 3.63) is 275 Å². The van der Waals surface area contributed by atoms with Crippen molar-refractivity contribution in [2.45, 2.75) is 144 Å². The van der Waals surface area contributed by atoms with Gasteiger partial charge in [-0.3, -0.25) is 9.97 Å². The largest absolute Gasteiger partial charge is 0.463 e. The lowest BCUT2D eigenvalue weighted by Gasteiger charge is -2.16. The maximum atomic E-state index is 6.10. The van der Waals surface area contributed by atoms with Crippen LogP contribution in [-0.4, -0.2) is 88.9 Å². The van der Waals surface area contributed by atoms with Crippen LogP contribution in [0.15, 0.2) is 222 Å². The highest BCUT2D eigenvalue weighted by Gasteiger charge is 2.22. The number of nitrogen functional groups attached to an aromatic ring is 5. The van der Waals surface area contributed by atoms with Gasteiger partial charge < -0.3 is 65.9 Å².